The lowest BCUT2D eigenvalue weighted by Gasteiger charge is -2.08. The van der Waals surface area contributed by atoms with Gasteiger partial charge in [-0.3, -0.25) is 4.52 Å². The Morgan fingerprint density at radius 1 is 1.50 bits per heavy atom. The number of nitrogens with zero attached hydrogens (tertiary/aromatic N) is 2. The van der Waals surface area contributed by atoms with Crippen LogP contribution < -0.4 is 10.00 Å². The second-order valence-corrected chi connectivity index (χ2v) is 2.49. The van der Waals surface area contributed by atoms with Crippen molar-refractivity contribution in [2.24, 2.45) is 0 Å². The summed E-state index contributed by atoms with van der Waals surface area (Å²) in [4.78, 5) is 2.18. The number of nitrogens with one attached hydrogen (secondary N) is 1. The molecule has 2 rings (SSSR count). The van der Waals surface area contributed by atoms with E-state index in [2.05, 4.69) is 15.3 Å². The Balaban J connectivity index is 2.12. The zero-order chi connectivity index (χ0) is 6.81. The highest BCUT2D eigenvalue weighted by atomic mass is 16.5. The first-order chi connectivity index (χ1) is 4.97. The minimum atomic E-state index is 0.859. The molecule has 2 heterocycles. The first-order valence-electron chi connectivity index (χ1n) is 3.54. The predicted molar refractivity (Wildman–Crippen MR) is 34.5 cm³/mol. The van der Waals surface area contributed by atoms with Crippen LogP contribution in [-0.2, 0) is 0 Å². The van der Waals surface area contributed by atoms with Crippen LogP contribution in [0.2, 0.25) is 0 Å². The highest BCUT2D eigenvalue weighted by molar-refractivity contribution is 5.30. The molecule has 0 radical (unpaired) electrons. The van der Waals surface area contributed by atoms with Gasteiger partial charge in [-0.25, -0.2) is 0 Å². The van der Waals surface area contributed by atoms with E-state index in [4.69, 9.17) is 4.52 Å². The zero-order valence-corrected chi connectivity index (χ0v) is 5.71. The summed E-state index contributed by atoms with van der Waals surface area (Å²) >= 11 is 0. The van der Waals surface area contributed by atoms with Crippen molar-refractivity contribution >= 4 is 5.88 Å². The van der Waals surface area contributed by atoms with E-state index in [9.17, 15) is 0 Å². The van der Waals surface area contributed by atoms with Crippen molar-refractivity contribution in [2.45, 2.75) is 12.8 Å². The van der Waals surface area contributed by atoms with Crippen molar-refractivity contribution in [3.8, 4) is 0 Å². The Kier molecular flexibility index (Phi) is 1.30. The molecule has 0 atom stereocenters. The van der Waals surface area contributed by atoms with Gasteiger partial charge in [0.1, 0.15) is 0 Å². The summed E-state index contributed by atoms with van der Waals surface area (Å²) in [7, 11) is 0. The van der Waals surface area contributed by atoms with Gasteiger partial charge in [0.15, 0.2) is 5.27 Å². The highest BCUT2D eigenvalue weighted by Crippen LogP contribution is 2.16. The minimum absolute atomic E-state index is 0.859. The standard InChI is InChI=1S/C6H9N3O/c1-2-4-9(3-1)6-5-7-8-10-6/h5H,1-4H2/p+1. The Bertz CT molecular complexity index is 191. The molecule has 1 aromatic heterocycles. The fraction of sp³-hybridized carbons (Fsp3) is 0.667. The molecule has 10 heavy (non-hydrogen) atoms. The van der Waals surface area contributed by atoms with Crippen molar-refractivity contribution in [1.29, 1.82) is 0 Å². The van der Waals surface area contributed by atoms with E-state index in [0.717, 1.165) is 19.0 Å². The molecule has 0 amide bonds. The highest BCUT2D eigenvalue weighted by Gasteiger charge is 2.17. The van der Waals surface area contributed by atoms with E-state index in [1.807, 2.05) is 0 Å². The number of rotatable bonds is 1. The smallest absolute Gasteiger partial charge is 0.298 e. The summed E-state index contributed by atoms with van der Waals surface area (Å²) in [6.07, 6.45) is 4.31. The first kappa shape index (κ1) is 5.70. The molecule has 0 aromatic carbocycles. The number of aromatic nitrogens is 2. The van der Waals surface area contributed by atoms with Crippen LogP contribution in [0.15, 0.2) is 10.7 Å². The Hall–Kier alpha value is -1.06. The van der Waals surface area contributed by atoms with Crippen molar-refractivity contribution in [3.05, 3.63) is 6.20 Å². The molecule has 4 heteroatoms. The molecule has 0 spiro atoms. The zero-order valence-electron chi connectivity index (χ0n) is 5.71. The number of anilines is 1. The molecule has 1 aliphatic rings. The van der Waals surface area contributed by atoms with Gasteiger partial charge in [0, 0.05) is 13.1 Å². The van der Waals surface area contributed by atoms with Gasteiger partial charge in [0.2, 0.25) is 0 Å². The SMILES string of the molecule is c1[nH+]noc1N1CCCC1. The van der Waals surface area contributed by atoms with Gasteiger partial charge in [-0.2, -0.15) is 0 Å². The number of H-pyrrole nitrogens is 1. The van der Waals surface area contributed by atoms with Crippen LogP contribution in [0, 0.1) is 0 Å². The maximum absolute atomic E-state index is 4.94. The molecule has 0 saturated carbocycles. The molecule has 1 saturated heterocycles. The fourth-order valence-electron chi connectivity index (χ4n) is 1.27. The van der Waals surface area contributed by atoms with Crippen LogP contribution in [0.1, 0.15) is 12.8 Å². The van der Waals surface area contributed by atoms with E-state index >= 15 is 0 Å². The van der Waals surface area contributed by atoms with Gasteiger partial charge in [0.05, 0.1) is 0 Å². The van der Waals surface area contributed by atoms with Crippen LogP contribution >= 0.6 is 0 Å². The van der Waals surface area contributed by atoms with Crippen LogP contribution in [0.4, 0.5) is 5.88 Å². The van der Waals surface area contributed by atoms with E-state index in [0.29, 0.717) is 0 Å². The summed E-state index contributed by atoms with van der Waals surface area (Å²) < 4.78 is 4.94. The van der Waals surface area contributed by atoms with Crippen molar-refractivity contribution in [1.82, 2.24) is 5.27 Å². The maximum Gasteiger partial charge on any atom is 0.298 e. The van der Waals surface area contributed by atoms with Crippen LogP contribution in [0.25, 0.3) is 0 Å². The second-order valence-electron chi connectivity index (χ2n) is 2.49. The summed E-state index contributed by atoms with van der Waals surface area (Å²) in [5, 5.41) is 6.17. The van der Waals surface area contributed by atoms with E-state index in [1.54, 1.807) is 6.20 Å². The first-order valence-corrected chi connectivity index (χ1v) is 3.54. The Morgan fingerprint density at radius 2 is 2.30 bits per heavy atom. The molecular formula is C6H10N3O+. The third-order valence-corrected chi connectivity index (χ3v) is 1.80. The maximum atomic E-state index is 4.94. The number of aromatic amines is 1. The quantitative estimate of drug-likeness (QED) is 0.555. The van der Waals surface area contributed by atoms with E-state index in [1.165, 1.54) is 12.8 Å². The number of hydrogen-bond donors (Lipinski definition) is 0. The molecule has 0 unspecified atom stereocenters. The second kappa shape index (κ2) is 2.28. The van der Waals surface area contributed by atoms with Gasteiger partial charge in [-0.15, -0.1) is 0 Å². The largest absolute Gasteiger partial charge is 0.335 e. The lowest BCUT2D eigenvalue weighted by Crippen LogP contribution is -2.16. The summed E-state index contributed by atoms with van der Waals surface area (Å²) in [6, 6.07) is 0. The third kappa shape index (κ3) is 0.853. The van der Waals surface area contributed by atoms with E-state index < -0.39 is 0 Å². The van der Waals surface area contributed by atoms with Gasteiger partial charge in [-0.1, -0.05) is 5.10 Å². The Labute approximate surface area is 58.8 Å². The molecule has 1 aliphatic heterocycles. The normalized spacial score (nSPS) is 18.2. The third-order valence-electron chi connectivity index (χ3n) is 1.80. The van der Waals surface area contributed by atoms with E-state index in [-0.39, 0.29) is 0 Å². The summed E-state index contributed by atoms with van der Waals surface area (Å²) in [5.41, 5.74) is 0. The molecule has 0 bridgehead atoms. The monoisotopic (exact) mass is 140 g/mol. The fourth-order valence-corrected chi connectivity index (χ4v) is 1.27. The van der Waals surface area contributed by atoms with Crippen molar-refractivity contribution < 1.29 is 9.62 Å². The van der Waals surface area contributed by atoms with Crippen molar-refractivity contribution in [2.75, 3.05) is 18.0 Å². The lowest BCUT2D eigenvalue weighted by atomic mass is 10.4. The molecule has 0 aliphatic carbocycles. The Morgan fingerprint density at radius 3 is 2.90 bits per heavy atom. The average Bonchev–Trinajstić information content (AvgIpc) is 2.59. The van der Waals surface area contributed by atoms with Crippen LogP contribution in [0.5, 0.6) is 0 Å². The summed E-state index contributed by atoms with van der Waals surface area (Å²) in [6.45, 7) is 2.20. The molecule has 4 nitrogen and oxygen atoms in total. The van der Waals surface area contributed by atoms with Gasteiger partial charge in [0.25, 0.3) is 12.1 Å². The van der Waals surface area contributed by atoms with Gasteiger partial charge < -0.3 is 4.90 Å². The molecule has 1 aromatic rings. The van der Waals surface area contributed by atoms with Gasteiger partial charge in [-0.05, 0) is 12.8 Å². The lowest BCUT2D eigenvalue weighted by molar-refractivity contribution is -0.471. The molecular weight excluding hydrogens is 130 g/mol. The predicted octanol–water partition coefficient (Wildman–Crippen LogP) is 0.0889. The summed E-state index contributed by atoms with van der Waals surface area (Å²) in [5.74, 6) is 0.859. The molecule has 1 N–H and O–H groups in total. The molecule has 54 valence electrons. The topological polar surface area (TPSA) is 43.4 Å². The van der Waals surface area contributed by atoms with Gasteiger partial charge >= 0.3 is 0 Å². The number of hydrogen-bond acceptors (Lipinski definition) is 3. The van der Waals surface area contributed by atoms with Crippen LogP contribution in [-0.4, -0.2) is 18.4 Å². The van der Waals surface area contributed by atoms with Crippen LogP contribution in [0.3, 0.4) is 0 Å². The molecule has 1 fully saturated rings. The van der Waals surface area contributed by atoms with Crippen molar-refractivity contribution in [3.63, 3.8) is 0 Å². The average molecular weight is 140 g/mol. The minimum Gasteiger partial charge on any atom is -0.335 e.